The molecule has 1 aliphatic heterocycles. The molecule has 3 aromatic rings. The zero-order valence-electron chi connectivity index (χ0n) is 23.4. The number of aromatic nitrogens is 2. The van der Waals surface area contributed by atoms with Crippen molar-refractivity contribution in [3.63, 3.8) is 0 Å². The largest absolute Gasteiger partial charge is 0.377 e. The summed E-state index contributed by atoms with van der Waals surface area (Å²) in [6.45, 7) is 9.99. The molecule has 40 heavy (non-hydrogen) atoms. The van der Waals surface area contributed by atoms with Crippen LogP contribution in [0.15, 0.2) is 21.4 Å². The molecule has 0 radical (unpaired) electrons. The highest BCUT2D eigenvalue weighted by Crippen LogP contribution is 2.47. The molecule has 7 nitrogen and oxygen atoms in total. The van der Waals surface area contributed by atoms with Gasteiger partial charge >= 0.3 is 0 Å². The number of hydrogen-bond acceptors (Lipinski definition) is 5. The van der Waals surface area contributed by atoms with E-state index in [-0.39, 0.29) is 60.4 Å². The summed E-state index contributed by atoms with van der Waals surface area (Å²) in [5.41, 5.74) is 2.57. The molecule has 0 unspecified atom stereocenters. The minimum absolute atomic E-state index is 0.0597. The number of benzene rings is 1. The lowest BCUT2D eigenvalue weighted by Crippen LogP contribution is -2.43. The van der Waals surface area contributed by atoms with Crippen LogP contribution in [0.2, 0.25) is 0 Å². The van der Waals surface area contributed by atoms with Crippen LogP contribution in [-0.4, -0.2) is 26.3 Å². The Labute approximate surface area is 240 Å². The molecule has 9 heteroatoms. The third-order valence-corrected chi connectivity index (χ3v) is 10.3. The number of nitrogens with one attached hydrogen (secondary N) is 1. The molecule has 1 amide bonds. The second-order valence-electron chi connectivity index (χ2n) is 12.5. The van der Waals surface area contributed by atoms with Gasteiger partial charge in [-0.2, -0.15) is 0 Å². The average molecular weight is 611 g/mol. The van der Waals surface area contributed by atoms with Crippen molar-refractivity contribution in [2.75, 3.05) is 0 Å². The lowest BCUT2D eigenvalue weighted by molar-refractivity contribution is -0.140. The first-order valence-corrected chi connectivity index (χ1v) is 14.7. The molecule has 2 N–H and O–H groups in total. The van der Waals surface area contributed by atoms with E-state index in [2.05, 4.69) is 21.2 Å². The Bertz CT molecular complexity index is 1710. The van der Waals surface area contributed by atoms with Gasteiger partial charge in [0.15, 0.2) is 5.78 Å². The maximum Gasteiger partial charge on any atom is 0.254 e. The molecule has 0 saturated carbocycles. The molecule has 2 aromatic heterocycles. The van der Waals surface area contributed by atoms with Gasteiger partial charge in [0.25, 0.3) is 5.56 Å². The summed E-state index contributed by atoms with van der Waals surface area (Å²) in [4.78, 5) is 44.8. The SMILES string of the molecule is CC[C@@]1(O)C(=O)CCc2c1cc1n(c2=O)Cc2c-1nc1cc(F)c(Br)c3c1c2[C@@H](NC(=O)[C@@H](C)C(C)(C)C)CC3. The van der Waals surface area contributed by atoms with Crippen molar-refractivity contribution in [3.05, 3.63) is 60.6 Å². The molecule has 0 saturated heterocycles. The van der Waals surface area contributed by atoms with E-state index in [1.807, 2.05) is 27.7 Å². The van der Waals surface area contributed by atoms with Crippen molar-refractivity contribution in [2.45, 2.75) is 84.9 Å². The number of aliphatic hydroxyl groups is 1. The number of pyridine rings is 2. The maximum absolute atomic E-state index is 15.0. The Balaban J connectivity index is 1.60. The van der Waals surface area contributed by atoms with Crippen LogP contribution in [0.5, 0.6) is 0 Å². The number of carbonyl (C=O) groups is 2. The normalized spacial score (nSPS) is 22.1. The maximum atomic E-state index is 15.0. The van der Waals surface area contributed by atoms with Crippen LogP contribution < -0.4 is 10.9 Å². The van der Waals surface area contributed by atoms with Crippen molar-refractivity contribution in [1.82, 2.24) is 14.9 Å². The number of nitrogens with zero attached hydrogens (tertiary/aromatic N) is 2. The van der Waals surface area contributed by atoms with E-state index < -0.39 is 11.4 Å². The van der Waals surface area contributed by atoms with Crippen molar-refractivity contribution in [1.29, 1.82) is 0 Å². The van der Waals surface area contributed by atoms with Gasteiger partial charge in [-0.05, 0) is 64.2 Å². The monoisotopic (exact) mass is 609 g/mol. The molecule has 210 valence electrons. The van der Waals surface area contributed by atoms with Gasteiger partial charge in [-0.15, -0.1) is 0 Å². The number of aryl methyl sites for hydroxylation is 1. The molecule has 0 spiro atoms. The lowest BCUT2D eigenvalue weighted by atomic mass is 9.77. The Morgan fingerprint density at radius 1 is 1.23 bits per heavy atom. The van der Waals surface area contributed by atoms with E-state index >= 15 is 4.39 Å². The first-order chi connectivity index (χ1) is 18.8. The molecule has 0 bridgehead atoms. The number of fused-ring (bicyclic) bond motifs is 5. The quantitative estimate of drug-likeness (QED) is 0.331. The molecule has 6 rings (SSSR count). The first-order valence-electron chi connectivity index (χ1n) is 13.9. The number of Topliss-reactive ketones (excluding diaryl/α,β-unsaturated/α-hetero) is 1. The van der Waals surface area contributed by atoms with Crippen LogP contribution in [-0.2, 0) is 34.6 Å². The summed E-state index contributed by atoms with van der Waals surface area (Å²) in [7, 11) is 0. The van der Waals surface area contributed by atoms with Gasteiger partial charge in [-0.1, -0.05) is 34.6 Å². The van der Waals surface area contributed by atoms with Crippen LogP contribution in [0.3, 0.4) is 0 Å². The highest BCUT2D eigenvalue weighted by atomic mass is 79.9. The molecule has 1 aromatic carbocycles. The second-order valence-corrected chi connectivity index (χ2v) is 13.3. The lowest BCUT2D eigenvalue weighted by Gasteiger charge is -2.32. The summed E-state index contributed by atoms with van der Waals surface area (Å²) in [6, 6.07) is 2.78. The molecule has 3 heterocycles. The van der Waals surface area contributed by atoms with Crippen LogP contribution in [0.25, 0.3) is 22.3 Å². The van der Waals surface area contributed by atoms with Gasteiger partial charge in [0.2, 0.25) is 5.91 Å². The molecule has 3 atom stereocenters. The summed E-state index contributed by atoms with van der Waals surface area (Å²) in [5, 5.41) is 15.4. The van der Waals surface area contributed by atoms with Gasteiger partial charge in [0.05, 0.1) is 34.0 Å². The van der Waals surface area contributed by atoms with Gasteiger partial charge < -0.3 is 15.0 Å². The fourth-order valence-corrected chi connectivity index (χ4v) is 7.08. The molecule has 3 aliphatic rings. The Hall–Kier alpha value is -2.91. The van der Waals surface area contributed by atoms with Crippen molar-refractivity contribution in [2.24, 2.45) is 11.3 Å². The Kier molecular flexibility index (Phi) is 6.17. The van der Waals surface area contributed by atoms with Gasteiger partial charge in [0, 0.05) is 40.5 Å². The van der Waals surface area contributed by atoms with Crippen LogP contribution in [0.1, 0.15) is 87.7 Å². The van der Waals surface area contributed by atoms with Crippen LogP contribution in [0.4, 0.5) is 4.39 Å². The zero-order valence-corrected chi connectivity index (χ0v) is 25.0. The molecular weight excluding hydrogens is 577 g/mol. The number of amides is 1. The van der Waals surface area contributed by atoms with E-state index in [0.717, 1.165) is 22.1 Å². The first kappa shape index (κ1) is 27.3. The summed E-state index contributed by atoms with van der Waals surface area (Å²) >= 11 is 3.44. The van der Waals surface area contributed by atoms with Gasteiger partial charge in [-0.25, -0.2) is 9.37 Å². The Morgan fingerprint density at radius 2 is 1.95 bits per heavy atom. The molecule has 0 fully saturated rings. The van der Waals surface area contributed by atoms with Crippen LogP contribution in [0, 0.1) is 17.2 Å². The topological polar surface area (TPSA) is 101 Å². The predicted molar refractivity (Wildman–Crippen MR) is 154 cm³/mol. The average Bonchev–Trinajstić information content (AvgIpc) is 3.27. The minimum Gasteiger partial charge on any atom is -0.377 e. The van der Waals surface area contributed by atoms with E-state index in [1.165, 1.54) is 6.07 Å². The fourth-order valence-electron chi connectivity index (χ4n) is 6.57. The standard InChI is InChI=1S/C31H33BrFN3O4/c1-6-31(40)18-11-22-27-17(13-36(22)29(39)15(18)8-10-23(31)37)25-20(35-28(38)14(2)30(3,4)5)9-7-16-24(25)21(34-27)12-19(33)26(16)32/h11-12,14,20,40H,6-10,13H2,1-5H3,(H,35,38)/t14-,20+,31+/m1/s1. The predicted octanol–water partition coefficient (Wildman–Crippen LogP) is 5.23. The van der Waals surface area contributed by atoms with E-state index in [0.29, 0.717) is 45.3 Å². The second kappa shape index (κ2) is 9.05. The van der Waals surface area contributed by atoms with E-state index in [4.69, 9.17) is 4.98 Å². The number of carbonyl (C=O) groups excluding carboxylic acids is 2. The third-order valence-electron chi connectivity index (χ3n) is 9.43. The smallest absolute Gasteiger partial charge is 0.254 e. The summed E-state index contributed by atoms with van der Waals surface area (Å²) in [5.74, 6) is -1.01. The van der Waals surface area contributed by atoms with Crippen molar-refractivity contribution >= 4 is 38.5 Å². The minimum atomic E-state index is -1.72. The summed E-state index contributed by atoms with van der Waals surface area (Å²) < 4.78 is 17.1. The van der Waals surface area contributed by atoms with Gasteiger partial charge in [0.1, 0.15) is 11.4 Å². The number of halogens is 2. The number of rotatable bonds is 3. The van der Waals surface area contributed by atoms with E-state index in [1.54, 1.807) is 17.6 Å². The van der Waals surface area contributed by atoms with Crippen LogP contribution >= 0.6 is 15.9 Å². The Morgan fingerprint density at radius 3 is 2.62 bits per heavy atom. The zero-order chi connectivity index (χ0) is 28.9. The van der Waals surface area contributed by atoms with Crippen molar-refractivity contribution < 1.29 is 19.1 Å². The highest BCUT2D eigenvalue weighted by molar-refractivity contribution is 9.10. The highest BCUT2D eigenvalue weighted by Gasteiger charge is 2.44. The fraction of sp³-hybridized carbons (Fsp3) is 0.484. The van der Waals surface area contributed by atoms with E-state index in [9.17, 15) is 19.5 Å². The molecule has 2 aliphatic carbocycles. The molecular formula is C31H33BrFN3O4. The van der Waals surface area contributed by atoms with Gasteiger partial charge in [-0.3, -0.25) is 14.4 Å². The number of ketones is 1. The summed E-state index contributed by atoms with van der Waals surface area (Å²) in [6.07, 6.45) is 1.69. The van der Waals surface area contributed by atoms with Crippen molar-refractivity contribution in [3.8, 4) is 11.4 Å². The number of hydrogen-bond donors (Lipinski definition) is 2. The third kappa shape index (κ3) is 3.76.